The van der Waals surface area contributed by atoms with Crippen LogP contribution in [-0.4, -0.2) is 60.0 Å². The van der Waals surface area contributed by atoms with Crippen LogP contribution < -0.4 is 15.4 Å². The van der Waals surface area contributed by atoms with E-state index in [1.54, 1.807) is 13.2 Å². The number of halogens is 1. The Hall–Kier alpha value is -3.01. The van der Waals surface area contributed by atoms with Gasteiger partial charge in [-0.2, -0.15) is 0 Å². The van der Waals surface area contributed by atoms with Crippen molar-refractivity contribution in [2.24, 2.45) is 0 Å². The third-order valence-corrected chi connectivity index (χ3v) is 8.37. The van der Waals surface area contributed by atoms with Crippen LogP contribution in [0, 0.1) is 5.82 Å². The largest absolute Gasteiger partial charge is 0.496 e. The highest BCUT2D eigenvalue weighted by molar-refractivity contribution is 7.23. The third kappa shape index (κ3) is 4.25. The molecule has 2 atom stereocenters. The molecule has 2 aromatic heterocycles. The number of thiazole rings is 1. The van der Waals surface area contributed by atoms with Crippen LogP contribution in [0.25, 0.3) is 26.4 Å². The molecule has 188 valence electrons. The molecule has 2 fully saturated rings. The van der Waals surface area contributed by atoms with Crippen molar-refractivity contribution in [3.8, 4) is 17.0 Å². The molecule has 2 aromatic carbocycles. The minimum Gasteiger partial charge on any atom is -0.496 e. The summed E-state index contributed by atoms with van der Waals surface area (Å²) >= 11 is 1.48. The van der Waals surface area contributed by atoms with Crippen LogP contribution in [0.4, 0.5) is 4.39 Å². The van der Waals surface area contributed by atoms with Crippen LogP contribution in [-0.2, 0) is 0 Å². The van der Waals surface area contributed by atoms with E-state index in [1.807, 2.05) is 34.9 Å². The summed E-state index contributed by atoms with van der Waals surface area (Å²) in [6.45, 7) is 2.88. The third-order valence-electron chi connectivity index (χ3n) is 7.35. The number of nitrogens with one attached hydrogen (secondary N) is 2. The number of hydrogen-bond acceptors (Lipinski definition) is 6. The predicted molar refractivity (Wildman–Crippen MR) is 140 cm³/mol. The molecule has 4 aromatic rings. The number of imidazole rings is 1. The average Bonchev–Trinajstić information content (AvgIpc) is 3.60. The standard InChI is InChI=1S/C27H30FN5O2S/c1-32-10-4-5-17(14-32)30-26(34)19-12-25-23(13-24(19)35-2)33-15-22(31-27(33)36-25)18-8-7-16(11-20(18)28)21-6-3-9-29-21/h7-8,11-13,15,17,21,29H,3-6,9-10,14H2,1-2H3,(H,30,34)/t17-,21?/m1/s1. The Labute approximate surface area is 213 Å². The number of piperidine rings is 1. The Kier molecular flexibility index (Phi) is 6.15. The van der Waals surface area contributed by atoms with Crippen molar-refractivity contribution >= 4 is 32.4 Å². The van der Waals surface area contributed by atoms with Crippen molar-refractivity contribution in [1.29, 1.82) is 0 Å². The molecule has 4 heterocycles. The molecule has 1 unspecified atom stereocenters. The first-order valence-corrected chi connectivity index (χ1v) is 13.3. The number of carbonyl (C=O) groups is 1. The van der Waals surface area contributed by atoms with Gasteiger partial charge >= 0.3 is 0 Å². The Bertz CT molecular complexity index is 1440. The minimum absolute atomic E-state index is 0.125. The zero-order valence-corrected chi connectivity index (χ0v) is 21.3. The quantitative estimate of drug-likeness (QED) is 0.413. The lowest BCUT2D eigenvalue weighted by Gasteiger charge is -2.30. The molecule has 2 N–H and O–H groups in total. The fourth-order valence-corrected chi connectivity index (χ4v) is 6.50. The van der Waals surface area contributed by atoms with E-state index >= 15 is 4.39 Å². The molecule has 2 aliphatic heterocycles. The summed E-state index contributed by atoms with van der Waals surface area (Å²) in [5.74, 6) is 0.125. The number of likely N-dealkylation sites (N-methyl/N-ethyl adjacent to an activating group) is 1. The predicted octanol–water partition coefficient (Wildman–Crippen LogP) is 4.61. The number of aromatic nitrogens is 2. The van der Waals surface area contributed by atoms with Crippen molar-refractivity contribution in [2.45, 2.75) is 37.8 Å². The lowest BCUT2D eigenvalue weighted by molar-refractivity contribution is 0.0909. The molecular formula is C27H30FN5O2S. The van der Waals surface area contributed by atoms with Gasteiger partial charge in [0.05, 0.1) is 28.6 Å². The smallest absolute Gasteiger partial charge is 0.255 e. The summed E-state index contributed by atoms with van der Waals surface area (Å²) in [7, 11) is 3.65. The summed E-state index contributed by atoms with van der Waals surface area (Å²) in [4.78, 5) is 20.8. The van der Waals surface area contributed by atoms with Gasteiger partial charge in [0.2, 0.25) is 0 Å². The summed E-state index contributed by atoms with van der Waals surface area (Å²) in [5, 5.41) is 6.59. The number of rotatable bonds is 5. The zero-order chi connectivity index (χ0) is 24.8. The van der Waals surface area contributed by atoms with Gasteiger partial charge in [-0.1, -0.05) is 17.4 Å². The van der Waals surface area contributed by atoms with Crippen LogP contribution in [0.2, 0.25) is 0 Å². The number of benzene rings is 2. The monoisotopic (exact) mass is 507 g/mol. The first kappa shape index (κ1) is 23.4. The zero-order valence-electron chi connectivity index (χ0n) is 20.5. The number of methoxy groups -OCH3 is 1. The second-order valence-electron chi connectivity index (χ2n) is 9.86. The van der Waals surface area contributed by atoms with Crippen LogP contribution in [0.3, 0.4) is 0 Å². The highest BCUT2D eigenvalue weighted by atomic mass is 32.1. The normalized spacial score (nSPS) is 20.9. The number of amides is 1. The molecule has 0 bridgehead atoms. The Morgan fingerprint density at radius 2 is 2.14 bits per heavy atom. The van der Waals surface area contributed by atoms with Crippen LogP contribution in [0.5, 0.6) is 5.75 Å². The topological polar surface area (TPSA) is 70.9 Å². The van der Waals surface area contributed by atoms with Gasteiger partial charge in [0, 0.05) is 36.5 Å². The summed E-state index contributed by atoms with van der Waals surface area (Å²) in [6, 6.07) is 9.54. The number of carbonyl (C=O) groups excluding carboxylic acids is 1. The fourth-order valence-electron chi connectivity index (χ4n) is 5.47. The minimum atomic E-state index is -0.263. The Morgan fingerprint density at radius 1 is 1.25 bits per heavy atom. The molecule has 36 heavy (non-hydrogen) atoms. The molecule has 2 aliphatic rings. The maximum absolute atomic E-state index is 15.1. The number of fused-ring (bicyclic) bond motifs is 3. The highest BCUT2D eigenvalue weighted by Gasteiger charge is 2.24. The van der Waals surface area contributed by atoms with Gasteiger partial charge in [0.25, 0.3) is 5.91 Å². The number of nitrogens with zero attached hydrogens (tertiary/aromatic N) is 3. The molecular weight excluding hydrogens is 477 g/mol. The van der Waals surface area contributed by atoms with Gasteiger partial charge in [0.15, 0.2) is 4.96 Å². The molecule has 0 radical (unpaired) electrons. The lowest BCUT2D eigenvalue weighted by atomic mass is 10.0. The van der Waals surface area contributed by atoms with Gasteiger partial charge in [-0.05, 0) is 69.6 Å². The van der Waals surface area contributed by atoms with Gasteiger partial charge in [-0.25, -0.2) is 9.37 Å². The second-order valence-corrected chi connectivity index (χ2v) is 10.9. The van der Waals surface area contributed by atoms with E-state index in [0.29, 0.717) is 22.6 Å². The van der Waals surface area contributed by atoms with Crippen molar-refractivity contribution in [3.63, 3.8) is 0 Å². The van der Waals surface area contributed by atoms with E-state index < -0.39 is 0 Å². The van der Waals surface area contributed by atoms with E-state index in [-0.39, 0.29) is 23.8 Å². The molecule has 2 saturated heterocycles. The van der Waals surface area contributed by atoms with Gasteiger partial charge in [-0.3, -0.25) is 9.20 Å². The summed E-state index contributed by atoms with van der Waals surface area (Å²) in [5.41, 5.74) is 3.46. The summed E-state index contributed by atoms with van der Waals surface area (Å²) in [6.07, 6.45) is 6.05. The van der Waals surface area contributed by atoms with Crippen molar-refractivity contribution in [3.05, 3.63) is 53.5 Å². The average molecular weight is 508 g/mol. The molecule has 7 nitrogen and oxygen atoms in total. The molecule has 0 spiro atoms. The highest BCUT2D eigenvalue weighted by Crippen LogP contribution is 2.35. The number of hydrogen-bond donors (Lipinski definition) is 2. The summed E-state index contributed by atoms with van der Waals surface area (Å²) < 4.78 is 23.6. The first-order chi connectivity index (χ1) is 17.5. The molecule has 6 rings (SSSR count). The number of likely N-dealkylation sites (tertiary alicyclic amines) is 1. The van der Waals surface area contributed by atoms with E-state index in [4.69, 9.17) is 9.72 Å². The Morgan fingerprint density at radius 3 is 2.89 bits per heavy atom. The maximum Gasteiger partial charge on any atom is 0.255 e. The van der Waals surface area contributed by atoms with E-state index in [1.165, 1.54) is 11.3 Å². The molecule has 1 amide bonds. The van der Waals surface area contributed by atoms with Crippen molar-refractivity contribution < 1.29 is 13.9 Å². The van der Waals surface area contributed by atoms with Crippen LogP contribution in [0.1, 0.15) is 47.6 Å². The van der Waals surface area contributed by atoms with E-state index in [0.717, 1.165) is 66.1 Å². The lowest BCUT2D eigenvalue weighted by Crippen LogP contribution is -2.46. The van der Waals surface area contributed by atoms with Crippen molar-refractivity contribution in [2.75, 3.05) is 33.8 Å². The molecule has 9 heteroatoms. The van der Waals surface area contributed by atoms with Gasteiger partial charge in [0.1, 0.15) is 11.6 Å². The Balaban J connectivity index is 1.31. The van der Waals surface area contributed by atoms with Crippen molar-refractivity contribution in [1.82, 2.24) is 24.9 Å². The second kappa shape index (κ2) is 9.46. The SMILES string of the molecule is COc1cc2c(cc1C(=O)N[C@@H]1CCCN(C)C1)sc1nc(-c3ccc(C4CCCN4)cc3F)cn12. The van der Waals surface area contributed by atoms with E-state index in [9.17, 15) is 4.79 Å². The first-order valence-electron chi connectivity index (χ1n) is 12.5. The van der Waals surface area contributed by atoms with Crippen LogP contribution in [0.15, 0.2) is 36.5 Å². The molecule has 0 aliphatic carbocycles. The van der Waals surface area contributed by atoms with Crippen LogP contribution >= 0.6 is 11.3 Å². The fraction of sp³-hybridized carbons (Fsp3) is 0.407. The van der Waals surface area contributed by atoms with Gasteiger partial charge < -0.3 is 20.3 Å². The van der Waals surface area contributed by atoms with Gasteiger partial charge in [-0.15, -0.1) is 0 Å². The number of ether oxygens (including phenoxy) is 1. The molecule has 0 saturated carbocycles. The maximum atomic E-state index is 15.1. The van der Waals surface area contributed by atoms with E-state index in [2.05, 4.69) is 22.6 Å².